The molecule has 0 rings (SSSR count). The molecule has 0 aromatic carbocycles. The lowest BCUT2D eigenvalue weighted by Gasteiger charge is -2.27. The second kappa shape index (κ2) is 7.08. The Balaban J connectivity index is 3.73. The second-order valence-electron chi connectivity index (χ2n) is 4.47. The maximum Gasteiger partial charge on any atom is 0.302 e. The first-order valence-electron chi connectivity index (χ1n) is 5.16. The zero-order valence-corrected chi connectivity index (χ0v) is 11.6. The van der Waals surface area contributed by atoms with Crippen LogP contribution in [-0.4, -0.2) is 58.0 Å². The molecule has 0 aliphatic carbocycles. The molecule has 0 amide bonds. The summed E-state index contributed by atoms with van der Waals surface area (Å²) in [6.45, 7) is 1.48. The highest BCUT2D eigenvalue weighted by Crippen LogP contribution is 2.37. The number of carbonyl (C=O) groups excluding carboxylic acids is 1. The van der Waals surface area contributed by atoms with Crippen molar-refractivity contribution in [2.45, 2.75) is 6.92 Å². The van der Waals surface area contributed by atoms with Gasteiger partial charge < -0.3 is 23.2 Å². The Hall–Kier alpha value is -0.460. The van der Waals surface area contributed by atoms with Crippen LogP contribution in [0.4, 0.5) is 0 Å². The van der Waals surface area contributed by atoms with E-state index in [1.54, 1.807) is 0 Å². The van der Waals surface area contributed by atoms with Crippen LogP contribution in [0.25, 0.3) is 0 Å². The lowest BCUT2D eigenvalue weighted by atomic mass is 10.5. The Morgan fingerprint density at radius 1 is 1.18 bits per heavy atom. The smallest absolute Gasteiger partial charge is 0.302 e. The summed E-state index contributed by atoms with van der Waals surface area (Å²) in [5, 5.41) is 0. The maximum atomic E-state index is 11.2. The summed E-state index contributed by atoms with van der Waals surface area (Å²) < 4.78 is 25.4. The van der Waals surface area contributed by atoms with Crippen LogP contribution in [0.2, 0.25) is 0 Å². The number of carbonyl (C=O) groups is 1. The number of quaternary nitrogens is 1. The third kappa shape index (κ3) is 11.8. The lowest BCUT2D eigenvalue weighted by molar-refractivity contribution is -0.870. The van der Waals surface area contributed by atoms with Gasteiger partial charge in [0, 0.05) is 6.92 Å². The van der Waals surface area contributed by atoms with E-state index in [1.807, 2.05) is 21.1 Å². The largest absolute Gasteiger partial charge is 0.756 e. The number of esters is 1. The molecule has 102 valence electrons. The fourth-order valence-corrected chi connectivity index (χ4v) is 1.48. The monoisotopic (exact) mass is 269 g/mol. The van der Waals surface area contributed by atoms with Gasteiger partial charge >= 0.3 is 5.97 Å². The summed E-state index contributed by atoms with van der Waals surface area (Å²) in [4.78, 5) is 21.6. The van der Waals surface area contributed by atoms with Crippen molar-refractivity contribution in [1.29, 1.82) is 0 Å². The lowest BCUT2D eigenvalue weighted by Crippen LogP contribution is -2.37. The molecule has 0 bridgehead atoms. The zero-order chi connectivity index (χ0) is 13.5. The van der Waals surface area contributed by atoms with Crippen LogP contribution in [0.15, 0.2) is 0 Å². The topological polar surface area (TPSA) is 84.9 Å². The molecule has 0 aromatic rings. The molecular weight excluding hydrogens is 249 g/mol. The van der Waals surface area contributed by atoms with E-state index in [4.69, 9.17) is 0 Å². The molecule has 0 radical (unpaired) electrons. The highest BCUT2D eigenvalue weighted by atomic mass is 31.2. The molecule has 0 aromatic heterocycles. The Labute approximate surface area is 101 Å². The summed E-state index contributed by atoms with van der Waals surface area (Å²) in [7, 11) is 1.46. The van der Waals surface area contributed by atoms with Gasteiger partial charge in [-0.15, -0.1) is 0 Å². The Bertz CT molecular complexity index is 288. The van der Waals surface area contributed by atoms with Gasteiger partial charge in [-0.25, -0.2) is 0 Å². The molecule has 0 heterocycles. The minimum atomic E-state index is -4.29. The summed E-state index contributed by atoms with van der Waals surface area (Å²) in [5.74, 6) is -0.486. The number of hydrogen-bond acceptors (Lipinski definition) is 6. The van der Waals surface area contributed by atoms with E-state index >= 15 is 0 Å². The van der Waals surface area contributed by atoms with Crippen LogP contribution in [0.5, 0.6) is 0 Å². The standard InChI is InChI=1S/C9H20NO6P/c1-9(11)14-7-8-16-17(12,13)15-6-5-10(2,3)4/h5-8H2,1-4H3. The van der Waals surface area contributed by atoms with Crippen LogP contribution >= 0.6 is 7.82 Å². The SMILES string of the molecule is CC(=O)OCCOP(=O)([O-])OCC[N+](C)(C)C. The summed E-state index contributed by atoms with van der Waals surface area (Å²) in [5.41, 5.74) is 0. The van der Waals surface area contributed by atoms with Crippen molar-refractivity contribution < 1.29 is 32.5 Å². The molecule has 8 heteroatoms. The van der Waals surface area contributed by atoms with Crippen LogP contribution in [0.3, 0.4) is 0 Å². The van der Waals surface area contributed by atoms with Crippen LogP contribution < -0.4 is 4.89 Å². The summed E-state index contributed by atoms with van der Waals surface area (Å²) in [6.07, 6.45) is 0. The number of ether oxygens (including phenoxy) is 1. The van der Waals surface area contributed by atoms with Gasteiger partial charge in [-0.3, -0.25) is 9.36 Å². The van der Waals surface area contributed by atoms with E-state index in [9.17, 15) is 14.3 Å². The quantitative estimate of drug-likeness (QED) is 0.261. The number of hydrogen-bond donors (Lipinski definition) is 0. The number of phosphoric acid groups is 1. The van der Waals surface area contributed by atoms with E-state index in [-0.39, 0.29) is 19.8 Å². The third-order valence-corrected chi connectivity index (χ3v) is 2.65. The summed E-state index contributed by atoms with van der Waals surface area (Å²) >= 11 is 0. The molecule has 17 heavy (non-hydrogen) atoms. The molecule has 0 fully saturated rings. The summed E-state index contributed by atoms with van der Waals surface area (Å²) in [6, 6.07) is 0. The van der Waals surface area contributed by atoms with Gasteiger partial charge in [-0.2, -0.15) is 0 Å². The van der Waals surface area contributed by atoms with Crippen LogP contribution in [0, 0.1) is 0 Å². The van der Waals surface area contributed by atoms with Crippen molar-refractivity contribution in [3.8, 4) is 0 Å². The Kier molecular flexibility index (Phi) is 6.89. The highest BCUT2D eigenvalue weighted by molar-refractivity contribution is 7.45. The van der Waals surface area contributed by atoms with E-state index in [2.05, 4.69) is 13.8 Å². The van der Waals surface area contributed by atoms with Crippen molar-refractivity contribution in [2.75, 3.05) is 47.5 Å². The van der Waals surface area contributed by atoms with Gasteiger partial charge in [0.2, 0.25) is 0 Å². The van der Waals surface area contributed by atoms with Gasteiger partial charge in [0.05, 0.1) is 27.7 Å². The first-order chi connectivity index (χ1) is 7.62. The maximum absolute atomic E-state index is 11.2. The van der Waals surface area contributed by atoms with E-state index in [0.717, 1.165) is 0 Å². The van der Waals surface area contributed by atoms with E-state index in [1.165, 1.54) is 6.92 Å². The van der Waals surface area contributed by atoms with Crippen molar-refractivity contribution in [3.63, 3.8) is 0 Å². The van der Waals surface area contributed by atoms with Crippen molar-refractivity contribution in [2.24, 2.45) is 0 Å². The van der Waals surface area contributed by atoms with Crippen LogP contribution in [0.1, 0.15) is 6.92 Å². The first kappa shape index (κ1) is 16.5. The van der Waals surface area contributed by atoms with Crippen LogP contribution in [-0.2, 0) is 23.1 Å². The number of phosphoric ester groups is 1. The zero-order valence-electron chi connectivity index (χ0n) is 10.7. The second-order valence-corrected chi connectivity index (χ2v) is 5.88. The average Bonchev–Trinajstić information content (AvgIpc) is 2.09. The molecule has 0 saturated carbocycles. The van der Waals surface area contributed by atoms with Gasteiger partial charge in [-0.1, -0.05) is 0 Å². The molecular formula is C9H20NO6P. The van der Waals surface area contributed by atoms with Crippen molar-refractivity contribution >= 4 is 13.8 Å². The van der Waals surface area contributed by atoms with Gasteiger partial charge in [0.15, 0.2) is 0 Å². The number of rotatable bonds is 8. The number of likely N-dealkylation sites (N-methyl/N-ethyl adjacent to an activating group) is 1. The van der Waals surface area contributed by atoms with Gasteiger partial charge in [-0.05, 0) is 0 Å². The molecule has 7 nitrogen and oxygen atoms in total. The Morgan fingerprint density at radius 3 is 2.18 bits per heavy atom. The average molecular weight is 269 g/mol. The normalized spacial score (nSPS) is 15.4. The molecule has 0 saturated heterocycles. The molecule has 1 atom stereocenters. The first-order valence-corrected chi connectivity index (χ1v) is 6.62. The van der Waals surface area contributed by atoms with Gasteiger partial charge in [0.1, 0.15) is 19.8 Å². The third-order valence-electron chi connectivity index (χ3n) is 1.65. The predicted molar refractivity (Wildman–Crippen MR) is 59.0 cm³/mol. The van der Waals surface area contributed by atoms with Crippen molar-refractivity contribution in [3.05, 3.63) is 0 Å². The predicted octanol–water partition coefficient (Wildman–Crippen LogP) is -0.243. The van der Waals surface area contributed by atoms with Gasteiger partial charge in [0.25, 0.3) is 7.82 Å². The minimum Gasteiger partial charge on any atom is -0.756 e. The van der Waals surface area contributed by atoms with E-state index in [0.29, 0.717) is 11.0 Å². The molecule has 0 spiro atoms. The highest BCUT2D eigenvalue weighted by Gasteiger charge is 2.13. The molecule has 0 aliphatic heterocycles. The Morgan fingerprint density at radius 2 is 1.71 bits per heavy atom. The number of nitrogens with zero attached hydrogens (tertiary/aromatic N) is 1. The molecule has 1 unspecified atom stereocenters. The van der Waals surface area contributed by atoms with Crippen molar-refractivity contribution in [1.82, 2.24) is 0 Å². The molecule has 0 aliphatic rings. The van der Waals surface area contributed by atoms with E-state index < -0.39 is 13.8 Å². The fourth-order valence-electron chi connectivity index (χ4n) is 0.798. The minimum absolute atomic E-state index is 0.0534. The fraction of sp³-hybridized carbons (Fsp3) is 0.889. The molecule has 0 N–H and O–H groups in total.